The highest BCUT2D eigenvalue weighted by molar-refractivity contribution is 5.83. The number of benzene rings is 3. The first-order valence-corrected chi connectivity index (χ1v) is 12.5. The highest BCUT2D eigenvalue weighted by Crippen LogP contribution is 2.56. The lowest BCUT2D eigenvalue weighted by molar-refractivity contribution is 0.353. The van der Waals surface area contributed by atoms with Gasteiger partial charge in [0, 0.05) is 22.8 Å². The van der Waals surface area contributed by atoms with Gasteiger partial charge in [-0.3, -0.25) is 0 Å². The van der Waals surface area contributed by atoms with Gasteiger partial charge in [0.2, 0.25) is 0 Å². The van der Waals surface area contributed by atoms with Gasteiger partial charge in [0.15, 0.2) is 0 Å². The third-order valence-corrected chi connectivity index (χ3v) is 7.76. The van der Waals surface area contributed by atoms with Crippen molar-refractivity contribution in [3.05, 3.63) is 83.4 Å². The van der Waals surface area contributed by atoms with Crippen LogP contribution in [0, 0.1) is 0 Å². The van der Waals surface area contributed by atoms with E-state index in [0.29, 0.717) is 6.04 Å². The Morgan fingerprint density at radius 2 is 1.34 bits per heavy atom. The van der Waals surface area contributed by atoms with E-state index in [1.54, 1.807) is 11.1 Å². The van der Waals surface area contributed by atoms with Gasteiger partial charge in [0.05, 0.1) is 0 Å². The Morgan fingerprint density at radius 3 is 2.00 bits per heavy atom. The fraction of sp³-hybridized carbons (Fsp3) is 0.419. The molecule has 2 aliphatic carbocycles. The van der Waals surface area contributed by atoms with Crippen LogP contribution < -0.4 is 4.90 Å². The predicted octanol–water partition coefficient (Wildman–Crippen LogP) is 8.76. The molecule has 1 heteroatoms. The minimum Gasteiger partial charge on any atom is -0.339 e. The van der Waals surface area contributed by atoms with Gasteiger partial charge in [0.25, 0.3) is 0 Å². The second kappa shape index (κ2) is 7.80. The largest absolute Gasteiger partial charge is 0.339 e. The molecule has 0 bridgehead atoms. The molecule has 166 valence electrons. The Hall–Kier alpha value is -2.54. The number of anilines is 2. The van der Waals surface area contributed by atoms with Crippen LogP contribution in [0.3, 0.4) is 0 Å². The van der Waals surface area contributed by atoms with Crippen LogP contribution >= 0.6 is 0 Å². The Balaban J connectivity index is 1.61. The van der Waals surface area contributed by atoms with Gasteiger partial charge in [-0.25, -0.2) is 0 Å². The van der Waals surface area contributed by atoms with Crippen molar-refractivity contribution < 1.29 is 0 Å². The monoisotopic (exact) mass is 423 g/mol. The average molecular weight is 424 g/mol. The van der Waals surface area contributed by atoms with E-state index in [2.05, 4.69) is 106 Å². The van der Waals surface area contributed by atoms with E-state index in [9.17, 15) is 0 Å². The summed E-state index contributed by atoms with van der Waals surface area (Å²) in [6.07, 6.45) is 6.60. The molecule has 0 heterocycles. The summed E-state index contributed by atoms with van der Waals surface area (Å²) in [5.41, 5.74) is 10.4. The van der Waals surface area contributed by atoms with Crippen molar-refractivity contribution in [3.8, 4) is 11.1 Å². The van der Waals surface area contributed by atoms with Gasteiger partial charge in [-0.2, -0.15) is 0 Å². The van der Waals surface area contributed by atoms with Gasteiger partial charge in [-0.15, -0.1) is 0 Å². The van der Waals surface area contributed by atoms with Crippen LogP contribution in [-0.4, -0.2) is 6.04 Å². The molecular weight excluding hydrogens is 386 g/mol. The van der Waals surface area contributed by atoms with Crippen LogP contribution in [0.2, 0.25) is 0 Å². The van der Waals surface area contributed by atoms with Crippen molar-refractivity contribution in [1.82, 2.24) is 0 Å². The smallest absolute Gasteiger partial charge is 0.0416 e. The normalized spacial score (nSPS) is 16.8. The number of hydrogen-bond acceptors (Lipinski definition) is 1. The second-order valence-corrected chi connectivity index (χ2v) is 11.2. The molecule has 1 saturated carbocycles. The molecule has 1 nitrogen and oxygen atoms in total. The minimum absolute atomic E-state index is 0.175. The zero-order valence-electron chi connectivity index (χ0n) is 20.4. The number of nitrogens with zero attached hydrogens (tertiary/aromatic N) is 1. The summed E-state index contributed by atoms with van der Waals surface area (Å²) in [5, 5.41) is 0. The Morgan fingerprint density at radius 1 is 0.719 bits per heavy atom. The zero-order valence-corrected chi connectivity index (χ0v) is 20.4. The maximum Gasteiger partial charge on any atom is 0.0416 e. The van der Waals surface area contributed by atoms with Crippen LogP contribution in [0.4, 0.5) is 11.4 Å². The number of hydrogen-bond donors (Lipinski definition) is 0. The molecule has 0 aromatic heterocycles. The molecule has 3 aromatic rings. The lowest BCUT2D eigenvalue weighted by atomic mass is 9.68. The first kappa shape index (κ1) is 21.3. The van der Waals surface area contributed by atoms with Gasteiger partial charge < -0.3 is 4.90 Å². The van der Waals surface area contributed by atoms with E-state index in [4.69, 9.17) is 0 Å². The summed E-state index contributed by atoms with van der Waals surface area (Å²) in [7, 11) is 0. The first-order valence-electron chi connectivity index (χ1n) is 12.5. The molecule has 2 aliphatic rings. The lowest BCUT2D eigenvalue weighted by Gasteiger charge is -2.37. The molecule has 0 radical (unpaired) electrons. The topological polar surface area (TPSA) is 3.24 Å². The molecule has 1 fully saturated rings. The van der Waals surface area contributed by atoms with Crippen LogP contribution in [0.25, 0.3) is 11.1 Å². The summed E-state index contributed by atoms with van der Waals surface area (Å²) in [4.78, 5) is 2.51. The van der Waals surface area contributed by atoms with Crippen LogP contribution in [0.5, 0.6) is 0 Å². The highest BCUT2D eigenvalue weighted by Gasteiger charge is 2.43. The summed E-state index contributed by atoms with van der Waals surface area (Å²) in [6.45, 7) is 11.4. The molecule has 5 rings (SSSR count). The minimum atomic E-state index is 0.175. The van der Waals surface area contributed by atoms with E-state index in [-0.39, 0.29) is 10.8 Å². The summed E-state index contributed by atoms with van der Waals surface area (Å²) >= 11 is 0. The van der Waals surface area contributed by atoms with E-state index in [1.165, 1.54) is 60.2 Å². The van der Waals surface area contributed by atoms with E-state index in [1.807, 2.05) is 0 Å². The third kappa shape index (κ3) is 3.38. The van der Waals surface area contributed by atoms with Gasteiger partial charge in [0.1, 0.15) is 0 Å². The molecular formula is C31H37N. The zero-order chi connectivity index (χ0) is 22.5. The van der Waals surface area contributed by atoms with Crippen LogP contribution in [-0.2, 0) is 10.8 Å². The van der Waals surface area contributed by atoms with E-state index < -0.39 is 0 Å². The Labute approximate surface area is 194 Å². The molecule has 0 unspecified atom stereocenters. The second-order valence-electron chi connectivity index (χ2n) is 11.2. The predicted molar refractivity (Wildman–Crippen MR) is 138 cm³/mol. The van der Waals surface area contributed by atoms with Crippen molar-refractivity contribution >= 4 is 11.4 Å². The van der Waals surface area contributed by atoms with Gasteiger partial charge >= 0.3 is 0 Å². The van der Waals surface area contributed by atoms with Crippen LogP contribution in [0.15, 0.2) is 66.7 Å². The first-order chi connectivity index (χ1) is 15.3. The molecule has 32 heavy (non-hydrogen) atoms. The van der Waals surface area contributed by atoms with Gasteiger partial charge in [-0.05, 0) is 84.2 Å². The maximum absolute atomic E-state index is 2.53. The van der Waals surface area contributed by atoms with E-state index >= 15 is 0 Å². The average Bonchev–Trinajstić information content (AvgIpc) is 3.03. The molecule has 0 aliphatic heterocycles. The standard InChI is InChI=1S/C31H37N/c1-22(2)32(24-15-13-23(14-16-24)30(3,4)5)25-17-18-27-26-11-7-8-12-28(26)31(29(27)21-25)19-9-6-10-20-31/h7-8,11-18,21-22H,6,9-10,19-20H2,1-5H3. The van der Waals surface area contributed by atoms with Gasteiger partial charge in [-0.1, -0.05) is 82.5 Å². The number of rotatable bonds is 3. The number of fused-ring (bicyclic) bond motifs is 5. The fourth-order valence-corrected chi connectivity index (χ4v) is 6.15. The van der Waals surface area contributed by atoms with Crippen LogP contribution in [0.1, 0.15) is 83.4 Å². The molecule has 3 aromatic carbocycles. The summed E-state index contributed by atoms with van der Waals surface area (Å²) in [6, 6.07) is 26.0. The highest BCUT2D eigenvalue weighted by atomic mass is 15.2. The molecule has 0 amide bonds. The summed E-state index contributed by atoms with van der Waals surface area (Å²) in [5.74, 6) is 0. The van der Waals surface area contributed by atoms with Crippen molar-refractivity contribution in [3.63, 3.8) is 0 Å². The Kier molecular flexibility index (Phi) is 5.19. The Bertz CT molecular complexity index is 1110. The van der Waals surface area contributed by atoms with Crippen molar-refractivity contribution in [1.29, 1.82) is 0 Å². The van der Waals surface area contributed by atoms with Crippen molar-refractivity contribution in [2.75, 3.05) is 4.90 Å². The lowest BCUT2D eigenvalue weighted by Crippen LogP contribution is -2.29. The maximum atomic E-state index is 2.53. The molecule has 0 atom stereocenters. The van der Waals surface area contributed by atoms with Crippen molar-refractivity contribution in [2.24, 2.45) is 0 Å². The summed E-state index contributed by atoms with van der Waals surface area (Å²) < 4.78 is 0. The van der Waals surface area contributed by atoms with E-state index in [0.717, 1.165) is 0 Å². The fourth-order valence-electron chi connectivity index (χ4n) is 6.15. The molecule has 0 N–H and O–H groups in total. The van der Waals surface area contributed by atoms with Crippen molar-refractivity contribution in [2.45, 2.75) is 83.6 Å². The molecule has 1 spiro atoms. The molecule has 0 saturated heterocycles. The quantitative estimate of drug-likeness (QED) is 0.407. The third-order valence-electron chi connectivity index (χ3n) is 7.76. The SMILES string of the molecule is CC(C)N(c1ccc(C(C)(C)C)cc1)c1ccc2c(c1)C1(CCCCC1)c1ccccc1-2.